The van der Waals surface area contributed by atoms with E-state index in [-0.39, 0.29) is 11.5 Å². The van der Waals surface area contributed by atoms with E-state index in [0.29, 0.717) is 19.1 Å². The van der Waals surface area contributed by atoms with Crippen LogP contribution in [0.25, 0.3) is 6.08 Å². The van der Waals surface area contributed by atoms with Gasteiger partial charge in [-0.15, -0.1) is 0 Å². The van der Waals surface area contributed by atoms with Crippen LogP contribution in [0.4, 0.5) is 5.69 Å². The zero-order valence-corrected chi connectivity index (χ0v) is 14.9. The molecular weight excluding hydrogens is 324 g/mol. The molecule has 5 heteroatoms. The Morgan fingerprint density at radius 3 is 2.62 bits per heavy atom. The quantitative estimate of drug-likeness (QED) is 0.680. The number of nitrogens with zero attached hydrogens (tertiary/aromatic N) is 3. The molecule has 3 rings (SSSR count). The van der Waals surface area contributed by atoms with Crippen LogP contribution in [-0.2, 0) is 4.79 Å². The molecule has 0 aliphatic carbocycles. The van der Waals surface area contributed by atoms with Gasteiger partial charge in [0, 0.05) is 31.5 Å². The minimum atomic E-state index is -0.187. The molecule has 2 heterocycles. The largest absolute Gasteiger partial charge is 0.381 e. The molecule has 1 N–H and O–H groups in total. The summed E-state index contributed by atoms with van der Waals surface area (Å²) in [5.41, 5.74) is 3.20. The third kappa shape index (κ3) is 4.48. The number of nitrogens with one attached hydrogen (secondary N) is 1. The predicted molar refractivity (Wildman–Crippen MR) is 102 cm³/mol. The second-order valence-corrected chi connectivity index (χ2v) is 6.53. The number of carbonyl (C=O) groups excluding carboxylic acids is 1. The highest BCUT2D eigenvalue weighted by atomic mass is 16.2. The molecule has 132 valence electrons. The Labute approximate surface area is 154 Å². The molecule has 1 aromatic heterocycles. The zero-order valence-electron chi connectivity index (χ0n) is 14.9. The van der Waals surface area contributed by atoms with E-state index in [0.717, 1.165) is 29.7 Å². The van der Waals surface area contributed by atoms with Gasteiger partial charge in [0.05, 0.1) is 5.69 Å². The van der Waals surface area contributed by atoms with Gasteiger partial charge < -0.3 is 10.2 Å². The lowest BCUT2D eigenvalue weighted by Gasteiger charge is -2.32. The van der Waals surface area contributed by atoms with E-state index >= 15 is 0 Å². The molecule has 1 fully saturated rings. The fourth-order valence-corrected chi connectivity index (χ4v) is 3.05. The number of pyridine rings is 1. The number of hydrogen-bond acceptors (Lipinski definition) is 4. The van der Waals surface area contributed by atoms with Crippen LogP contribution in [0.3, 0.4) is 0 Å². The molecule has 1 aliphatic heterocycles. The molecular formula is C21H22N4O. The van der Waals surface area contributed by atoms with Gasteiger partial charge in [-0.2, -0.15) is 5.26 Å². The first kappa shape index (κ1) is 17.7. The van der Waals surface area contributed by atoms with Crippen molar-refractivity contribution in [3.63, 3.8) is 0 Å². The summed E-state index contributed by atoms with van der Waals surface area (Å²) in [6.45, 7) is 3.29. The summed E-state index contributed by atoms with van der Waals surface area (Å²) in [6, 6.07) is 14.0. The van der Waals surface area contributed by atoms with Crippen molar-refractivity contribution in [3.8, 4) is 6.07 Å². The van der Waals surface area contributed by atoms with Gasteiger partial charge in [-0.1, -0.05) is 29.8 Å². The van der Waals surface area contributed by atoms with Crippen molar-refractivity contribution >= 4 is 17.7 Å². The van der Waals surface area contributed by atoms with E-state index in [4.69, 9.17) is 0 Å². The number of nitriles is 1. The zero-order chi connectivity index (χ0) is 18.4. The van der Waals surface area contributed by atoms with Crippen LogP contribution >= 0.6 is 0 Å². The number of anilines is 1. The summed E-state index contributed by atoms with van der Waals surface area (Å²) in [5, 5.41) is 12.9. The second-order valence-electron chi connectivity index (χ2n) is 6.53. The average molecular weight is 346 g/mol. The maximum atomic E-state index is 12.7. The lowest BCUT2D eigenvalue weighted by molar-refractivity contribution is -0.127. The summed E-state index contributed by atoms with van der Waals surface area (Å²) in [7, 11) is 0. The van der Waals surface area contributed by atoms with Gasteiger partial charge >= 0.3 is 0 Å². The molecule has 1 amide bonds. The number of benzene rings is 1. The first-order chi connectivity index (χ1) is 12.7. The first-order valence-electron chi connectivity index (χ1n) is 8.80. The molecule has 2 aromatic rings. The molecule has 1 aromatic carbocycles. The highest BCUT2D eigenvalue weighted by molar-refractivity contribution is 6.01. The maximum Gasteiger partial charge on any atom is 0.264 e. The lowest BCUT2D eigenvalue weighted by Crippen LogP contribution is -2.42. The SMILES string of the molecule is Cc1ccc(/C=C(\C#N)C(=O)N2CCC(Nc3cccnc3)CC2)cc1. The van der Waals surface area contributed by atoms with Crippen LogP contribution in [0.5, 0.6) is 0 Å². The molecule has 0 atom stereocenters. The van der Waals surface area contributed by atoms with Crippen LogP contribution < -0.4 is 5.32 Å². The summed E-state index contributed by atoms with van der Waals surface area (Å²) < 4.78 is 0. The van der Waals surface area contributed by atoms with Gasteiger partial charge in [0.25, 0.3) is 5.91 Å². The van der Waals surface area contributed by atoms with Crippen molar-refractivity contribution in [2.75, 3.05) is 18.4 Å². The van der Waals surface area contributed by atoms with Gasteiger partial charge in [-0.3, -0.25) is 9.78 Å². The van der Waals surface area contributed by atoms with Crippen molar-refractivity contribution in [1.29, 1.82) is 5.26 Å². The minimum absolute atomic E-state index is 0.187. The number of carbonyl (C=O) groups is 1. The highest BCUT2D eigenvalue weighted by Gasteiger charge is 2.24. The predicted octanol–water partition coefficient (Wildman–Crippen LogP) is 3.40. The van der Waals surface area contributed by atoms with E-state index in [2.05, 4.69) is 16.4 Å². The topological polar surface area (TPSA) is 69.0 Å². The Hall–Kier alpha value is -3.13. The molecule has 0 unspecified atom stereocenters. The van der Waals surface area contributed by atoms with E-state index < -0.39 is 0 Å². The molecule has 26 heavy (non-hydrogen) atoms. The van der Waals surface area contributed by atoms with Crippen LogP contribution in [0.2, 0.25) is 0 Å². The van der Waals surface area contributed by atoms with E-state index in [1.807, 2.05) is 43.3 Å². The monoisotopic (exact) mass is 346 g/mol. The Morgan fingerprint density at radius 1 is 1.27 bits per heavy atom. The Morgan fingerprint density at radius 2 is 2.00 bits per heavy atom. The summed E-state index contributed by atoms with van der Waals surface area (Å²) >= 11 is 0. The number of aryl methyl sites for hydroxylation is 1. The van der Waals surface area contributed by atoms with E-state index in [1.54, 1.807) is 23.4 Å². The number of aromatic nitrogens is 1. The van der Waals surface area contributed by atoms with Crippen LogP contribution in [0.15, 0.2) is 54.4 Å². The molecule has 0 saturated carbocycles. The standard InChI is InChI=1S/C21H22N4O/c1-16-4-6-17(7-5-16)13-18(14-22)21(26)25-11-8-19(9-12-25)24-20-3-2-10-23-15-20/h2-7,10,13,15,19,24H,8-9,11-12H2,1H3/b18-13+. The van der Waals surface area contributed by atoms with Crippen molar-refractivity contribution in [2.24, 2.45) is 0 Å². The molecule has 0 bridgehead atoms. The highest BCUT2D eigenvalue weighted by Crippen LogP contribution is 2.18. The number of amides is 1. The molecule has 1 aliphatic rings. The molecule has 0 radical (unpaired) electrons. The Balaban J connectivity index is 1.60. The van der Waals surface area contributed by atoms with Crippen molar-refractivity contribution in [1.82, 2.24) is 9.88 Å². The van der Waals surface area contributed by atoms with Crippen molar-refractivity contribution in [3.05, 3.63) is 65.5 Å². The molecule has 0 spiro atoms. The summed E-state index contributed by atoms with van der Waals surface area (Å²) in [6.07, 6.45) is 6.92. The summed E-state index contributed by atoms with van der Waals surface area (Å²) in [5.74, 6) is -0.187. The number of piperidine rings is 1. The summed E-state index contributed by atoms with van der Waals surface area (Å²) in [4.78, 5) is 18.5. The van der Waals surface area contributed by atoms with Crippen molar-refractivity contribution in [2.45, 2.75) is 25.8 Å². The average Bonchev–Trinajstić information content (AvgIpc) is 2.68. The van der Waals surface area contributed by atoms with E-state index in [9.17, 15) is 10.1 Å². The molecule has 1 saturated heterocycles. The van der Waals surface area contributed by atoms with Gasteiger partial charge in [0.15, 0.2) is 0 Å². The third-order valence-electron chi connectivity index (χ3n) is 4.55. The Bertz CT molecular complexity index is 813. The lowest BCUT2D eigenvalue weighted by atomic mass is 10.0. The van der Waals surface area contributed by atoms with Crippen LogP contribution in [-0.4, -0.2) is 34.9 Å². The molecule has 5 nitrogen and oxygen atoms in total. The van der Waals surface area contributed by atoms with Gasteiger partial charge in [0.2, 0.25) is 0 Å². The normalized spacial score (nSPS) is 15.4. The van der Waals surface area contributed by atoms with E-state index in [1.165, 1.54) is 0 Å². The number of hydrogen-bond donors (Lipinski definition) is 1. The minimum Gasteiger partial charge on any atom is -0.381 e. The third-order valence-corrected chi connectivity index (χ3v) is 4.55. The maximum absolute atomic E-state index is 12.7. The number of rotatable bonds is 4. The second kappa shape index (κ2) is 8.30. The van der Waals surface area contributed by atoms with Gasteiger partial charge in [-0.05, 0) is 43.5 Å². The van der Waals surface area contributed by atoms with Gasteiger partial charge in [-0.25, -0.2) is 0 Å². The van der Waals surface area contributed by atoms with Gasteiger partial charge in [0.1, 0.15) is 11.6 Å². The first-order valence-corrected chi connectivity index (χ1v) is 8.80. The van der Waals surface area contributed by atoms with Crippen molar-refractivity contribution < 1.29 is 4.79 Å². The fourth-order valence-electron chi connectivity index (χ4n) is 3.05. The fraction of sp³-hybridized carbons (Fsp3) is 0.286. The number of likely N-dealkylation sites (tertiary alicyclic amines) is 1. The smallest absolute Gasteiger partial charge is 0.264 e. The van der Waals surface area contributed by atoms with Crippen LogP contribution in [0, 0.1) is 18.3 Å². The van der Waals surface area contributed by atoms with Crippen LogP contribution in [0.1, 0.15) is 24.0 Å². The Kier molecular flexibility index (Phi) is 5.65.